The number of nitrogens with zero attached hydrogens (tertiary/aromatic N) is 1. The number of H-pyrrole nitrogens is 1. The van der Waals surface area contributed by atoms with E-state index >= 15 is 0 Å². The van der Waals surface area contributed by atoms with Crippen molar-refractivity contribution in [2.75, 3.05) is 13.2 Å². The lowest BCUT2D eigenvalue weighted by Crippen LogP contribution is -2.19. The molecule has 4 rings (SSSR count). The van der Waals surface area contributed by atoms with E-state index in [9.17, 15) is 0 Å². The zero-order chi connectivity index (χ0) is 17.1. The number of fused-ring (bicyclic) bond motifs is 1. The van der Waals surface area contributed by atoms with Crippen LogP contribution in [0.25, 0.3) is 10.9 Å². The second-order valence-electron chi connectivity index (χ2n) is 6.57. The van der Waals surface area contributed by atoms with Gasteiger partial charge in [-0.3, -0.25) is 5.10 Å². The van der Waals surface area contributed by atoms with Crippen LogP contribution in [0.2, 0.25) is 0 Å². The first kappa shape index (κ1) is 16.1. The van der Waals surface area contributed by atoms with Gasteiger partial charge in [-0.15, -0.1) is 0 Å². The molecular formula is C20H23N3O2. The van der Waals surface area contributed by atoms with Crippen LogP contribution >= 0.6 is 0 Å². The largest absolute Gasteiger partial charge is 0.488 e. The minimum atomic E-state index is 0.166. The number of aromatic nitrogens is 2. The molecule has 0 saturated carbocycles. The van der Waals surface area contributed by atoms with Gasteiger partial charge in [0.05, 0.1) is 24.9 Å². The molecule has 5 heteroatoms. The minimum absolute atomic E-state index is 0.166. The highest BCUT2D eigenvalue weighted by molar-refractivity contribution is 5.81. The zero-order valence-electron chi connectivity index (χ0n) is 14.4. The number of aromatic amines is 1. The average molecular weight is 337 g/mol. The molecule has 0 bridgehead atoms. The molecule has 2 N–H and O–H groups in total. The van der Waals surface area contributed by atoms with E-state index in [2.05, 4.69) is 58.8 Å². The van der Waals surface area contributed by atoms with Gasteiger partial charge in [-0.05, 0) is 24.1 Å². The lowest BCUT2D eigenvalue weighted by Gasteiger charge is -2.17. The molecule has 130 valence electrons. The smallest absolute Gasteiger partial charge is 0.124 e. The molecule has 0 spiro atoms. The summed E-state index contributed by atoms with van der Waals surface area (Å²) >= 11 is 0. The van der Waals surface area contributed by atoms with E-state index in [0.29, 0.717) is 6.61 Å². The highest BCUT2D eigenvalue weighted by atomic mass is 16.5. The van der Waals surface area contributed by atoms with Crippen molar-refractivity contribution in [2.24, 2.45) is 0 Å². The molecule has 1 aliphatic rings. The van der Waals surface area contributed by atoms with Crippen molar-refractivity contribution in [2.45, 2.75) is 32.5 Å². The first-order valence-corrected chi connectivity index (χ1v) is 8.75. The zero-order valence-corrected chi connectivity index (χ0v) is 14.4. The molecule has 0 amide bonds. The summed E-state index contributed by atoms with van der Waals surface area (Å²) in [5.74, 6) is 0.961. The van der Waals surface area contributed by atoms with Crippen molar-refractivity contribution in [3.8, 4) is 5.75 Å². The summed E-state index contributed by atoms with van der Waals surface area (Å²) in [4.78, 5) is 0. The van der Waals surface area contributed by atoms with Crippen LogP contribution in [0.5, 0.6) is 5.75 Å². The van der Waals surface area contributed by atoms with Gasteiger partial charge < -0.3 is 14.8 Å². The van der Waals surface area contributed by atoms with Gasteiger partial charge in [0.15, 0.2) is 0 Å². The van der Waals surface area contributed by atoms with E-state index in [-0.39, 0.29) is 6.10 Å². The van der Waals surface area contributed by atoms with Gasteiger partial charge in [0.25, 0.3) is 0 Å². The van der Waals surface area contributed by atoms with E-state index < -0.39 is 0 Å². The summed E-state index contributed by atoms with van der Waals surface area (Å²) in [5.41, 5.74) is 4.70. The summed E-state index contributed by atoms with van der Waals surface area (Å²) < 4.78 is 11.6. The predicted molar refractivity (Wildman–Crippen MR) is 97.7 cm³/mol. The quantitative estimate of drug-likeness (QED) is 0.724. The molecule has 1 saturated heterocycles. The molecule has 5 nitrogen and oxygen atoms in total. The summed E-state index contributed by atoms with van der Waals surface area (Å²) in [7, 11) is 0. The van der Waals surface area contributed by atoms with Crippen molar-refractivity contribution in [1.29, 1.82) is 0 Å². The van der Waals surface area contributed by atoms with Crippen LogP contribution in [0, 0.1) is 6.92 Å². The van der Waals surface area contributed by atoms with Gasteiger partial charge in [0, 0.05) is 30.5 Å². The Bertz CT molecular complexity index is 853. The van der Waals surface area contributed by atoms with Crippen molar-refractivity contribution in [1.82, 2.24) is 15.5 Å². The highest BCUT2D eigenvalue weighted by Crippen LogP contribution is 2.24. The average Bonchev–Trinajstić information content (AvgIpc) is 3.28. The number of nitrogens with one attached hydrogen (secondary N) is 2. The first-order chi connectivity index (χ1) is 12.3. The molecule has 3 aromatic rings. The lowest BCUT2D eigenvalue weighted by atomic mass is 10.1. The monoisotopic (exact) mass is 337 g/mol. The number of ether oxygens (including phenoxy) is 2. The third kappa shape index (κ3) is 3.67. The Kier molecular flexibility index (Phi) is 4.68. The Morgan fingerprint density at radius 3 is 3.04 bits per heavy atom. The Morgan fingerprint density at radius 2 is 2.16 bits per heavy atom. The van der Waals surface area contributed by atoms with Crippen molar-refractivity contribution >= 4 is 10.9 Å². The fourth-order valence-corrected chi connectivity index (χ4v) is 3.21. The van der Waals surface area contributed by atoms with Crippen LogP contribution in [0.3, 0.4) is 0 Å². The van der Waals surface area contributed by atoms with Crippen LogP contribution in [0.1, 0.15) is 23.1 Å². The SMILES string of the molecule is Cc1ccc(CNCc2cccc3cn[nH]c23)c(O[C@@H]2CCOC2)c1. The Balaban J connectivity index is 1.44. The summed E-state index contributed by atoms with van der Waals surface area (Å²) in [5, 5.41) is 11.9. The number of benzene rings is 2. The fraction of sp³-hybridized carbons (Fsp3) is 0.350. The second-order valence-corrected chi connectivity index (χ2v) is 6.57. The topological polar surface area (TPSA) is 59.2 Å². The lowest BCUT2D eigenvalue weighted by molar-refractivity contribution is 0.140. The summed E-state index contributed by atoms with van der Waals surface area (Å²) in [6.45, 7) is 5.10. The fourth-order valence-electron chi connectivity index (χ4n) is 3.21. The van der Waals surface area contributed by atoms with Gasteiger partial charge >= 0.3 is 0 Å². The predicted octanol–water partition coefficient (Wildman–Crippen LogP) is 3.33. The third-order valence-corrected chi connectivity index (χ3v) is 4.60. The van der Waals surface area contributed by atoms with Crippen LogP contribution < -0.4 is 10.1 Å². The third-order valence-electron chi connectivity index (χ3n) is 4.60. The van der Waals surface area contributed by atoms with E-state index in [1.165, 1.54) is 16.7 Å². The molecule has 1 atom stereocenters. The molecule has 2 aromatic carbocycles. The maximum Gasteiger partial charge on any atom is 0.124 e. The molecule has 1 aromatic heterocycles. The van der Waals surface area contributed by atoms with E-state index in [1.54, 1.807) is 0 Å². The van der Waals surface area contributed by atoms with Gasteiger partial charge in [-0.25, -0.2) is 0 Å². The number of aryl methyl sites for hydroxylation is 1. The van der Waals surface area contributed by atoms with Crippen molar-refractivity contribution < 1.29 is 9.47 Å². The maximum absolute atomic E-state index is 6.17. The van der Waals surface area contributed by atoms with Crippen LogP contribution in [0.4, 0.5) is 0 Å². The molecule has 25 heavy (non-hydrogen) atoms. The number of hydrogen-bond donors (Lipinski definition) is 2. The van der Waals surface area contributed by atoms with Crippen LogP contribution in [0.15, 0.2) is 42.6 Å². The highest BCUT2D eigenvalue weighted by Gasteiger charge is 2.18. The maximum atomic E-state index is 6.17. The van der Waals surface area contributed by atoms with E-state index in [4.69, 9.17) is 9.47 Å². The molecule has 1 aliphatic heterocycles. The van der Waals surface area contributed by atoms with Gasteiger partial charge in [-0.1, -0.05) is 30.3 Å². The second kappa shape index (κ2) is 7.25. The molecule has 1 fully saturated rings. The Hall–Kier alpha value is -2.37. The van der Waals surface area contributed by atoms with Gasteiger partial charge in [0.1, 0.15) is 11.9 Å². The van der Waals surface area contributed by atoms with E-state index in [1.807, 2.05) is 6.20 Å². The first-order valence-electron chi connectivity index (χ1n) is 8.75. The van der Waals surface area contributed by atoms with Crippen molar-refractivity contribution in [3.63, 3.8) is 0 Å². The molecule has 0 radical (unpaired) electrons. The number of hydrogen-bond acceptors (Lipinski definition) is 4. The minimum Gasteiger partial charge on any atom is -0.488 e. The Labute approximate surface area is 147 Å². The standard InChI is InChI=1S/C20H23N3O2/c1-14-5-6-15(19(9-14)25-18-7-8-24-13-18)10-21-11-16-3-2-4-17-12-22-23-20(16)17/h2-6,9,12,18,21H,7-8,10-11,13H2,1H3,(H,22,23)/t18-/m1/s1. The molecule has 0 unspecified atom stereocenters. The van der Waals surface area contributed by atoms with Gasteiger partial charge in [0.2, 0.25) is 0 Å². The normalized spacial score (nSPS) is 17.2. The van der Waals surface area contributed by atoms with Gasteiger partial charge in [-0.2, -0.15) is 5.10 Å². The number of para-hydroxylation sites is 1. The van der Waals surface area contributed by atoms with Crippen LogP contribution in [-0.4, -0.2) is 29.5 Å². The van der Waals surface area contributed by atoms with Crippen molar-refractivity contribution in [3.05, 3.63) is 59.3 Å². The Morgan fingerprint density at radius 1 is 1.24 bits per heavy atom. The summed E-state index contributed by atoms with van der Waals surface area (Å²) in [6, 6.07) is 12.6. The number of rotatable bonds is 6. The summed E-state index contributed by atoms with van der Waals surface area (Å²) in [6.07, 6.45) is 2.98. The van der Waals surface area contributed by atoms with Crippen LogP contribution in [-0.2, 0) is 17.8 Å². The molecule has 2 heterocycles. The molecule has 0 aliphatic carbocycles. The van der Waals surface area contributed by atoms with E-state index in [0.717, 1.165) is 42.8 Å². The molecular weight excluding hydrogens is 314 g/mol.